The van der Waals surface area contributed by atoms with E-state index in [-0.39, 0.29) is 5.69 Å². The van der Waals surface area contributed by atoms with Gasteiger partial charge in [-0.3, -0.25) is 19.9 Å². The van der Waals surface area contributed by atoms with E-state index < -0.39 is 15.6 Å². The second-order valence-corrected chi connectivity index (χ2v) is 6.32. The molecule has 2 aromatic rings. The number of carboxylic acids is 1. The Morgan fingerprint density at radius 3 is 2.70 bits per heavy atom. The summed E-state index contributed by atoms with van der Waals surface area (Å²) in [6, 6.07) is 6.43. The topological polar surface area (TPSA) is 93.3 Å². The lowest BCUT2D eigenvalue weighted by Crippen LogP contribution is -2.27. The van der Waals surface area contributed by atoms with Crippen molar-refractivity contribution >= 4 is 34.3 Å². The maximum absolute atomic E-state index is 11.3. The summed E-state index contributed by atoms with van der Waals surface area (Å²) < 4.78 is -1.15. The highest BCUT2D eigenvalue weighted by molar-refractivity contribution is 8.01. The molecule has 0 unspecified atom stereocenters. The van der Waals surface area contributed by atoms with E-state index in [1.165, 1.54) is 13.8 Å². The van der Waals surface area contributed by atoms with Crippen molar-refractivity contribution in [3.63, 3.8) is 0 Å². The average molecular weight is 292 g/mol. The van der Waals surface area contributed by atoms with Gasteiger partial charge in [-0.15, -0.1) is 11.8 Å². The van der Waals surface area contributed by atoms with Gasteiger partial charge in [-0.1, -0.05) is 0 Å². The molecular formula is C13H12N2O4S. The maximum atomic E-state index is 11.3. The van der Waals surface area contributed by atoms with Gasteiger partial charge in [0.2, 0.25) is 0 Å². The molecule has 1 aromatic heterocycles. The van der Waals surface area contributed by atoms with Crippen LogP contribution in [0.2, 0.25) is 0 Å². The smallest absolute Gasteiger partial charge is 0.319 e. The molecule has 104 valence electrons. The highest BCUT2D eigenvalue weighted by atomic mass is 32.2. The predicted molar refractivity (Wildman–Crippen MR) is 76.0 cm³/mol. The fourth-order valence-corrected chi connectivity index (χ4v) is 2.76. The molecule has 0 atom stereocenters. The van der Waals surface area contributed by atoms with E-state index >= 15 is 0 Å². The van der Waals surface area contributed by atoms with Crippen molar-refractivity contribution in [1.29, 1.82) is 0 Å². The SMILES string of the molecule is CC(C)(Sc1ccc2ncccc2c1[N+](=O)[O-])C(=O)O. The van der Waals surface area contributed by atoms with Gasteiger partial charge in [-0.25, -0.2) is 0 Å². The van der Waals surface area contributed by atoms with Gasteiger partial charge >= 0.3 is 5.97 Å². The van der Waals surface area contributed by atoms with Gasteiger partial charge in [0.1, 0.15) is 4.75 Å². The van der Waals surface area contributed by atoms with Crippen LogP contribution in [0.1, 0.15) is 13.8 Å². The predicted octanol–water partition coefficient (Wildman–Crippen LogP) is 3.10. The Labute approximate surface area is 119 Å². The van der Waals surface area contributed by atoms with Gasteiger partial charge in [0.05, 0.1) is 20.7 Å². The molecule has 0 spiro atoms. The molecule has 1 aromatic carbocycles. The van der Waals surface area contributed by atoms with E-state index in [1.54, 1.807) is 30.5 Å². The molecule has 0 amide bonds. The van der Waals surface area contributed by atoms with Crippen LogP contribution in [0.3, 0.4) is 0 Å². The molecule has 0 aliphatic rings. The molecule has 6 nitrogen and oxygen atoms in total. The van der Waals surface area contributed by atoms with Gasteiger partial charge in [-0.2, -0.15) is 0 Å². The summed E-state index contributed by atoms with van der Waals surface area (Å²) in [4.78, 5) is 26.4. The third-order valence-corrected chi connectivity index (χ3v) is 4.02. The van der Waals surface area contributed by atoms with Gasteiger partial charge in [0.25, 0.3) is 5.69 Å². The molecule has 0 saturated carbocycles. The van der Waals surface area contributed by atoms with Crippen molar-refractivity contribution in [2.24, 2.45) is 0 Å². The van der Waals surface area contributed by atoms with Crippen molar-refractivity contribution < 1.29 is 14.8 Å². The summed E-state index contributed by atoms with van der Waals surface area (Å²) in [5, 5.41) is 20.9. The van der Waals surface area contributed by atoms with Crippen LogP contribution in [0, 0.1) is 10.1 Å². The Kier molecular flexibility index (Phi) is 3.63. The summed E-state index contributed by atoms with van der Waals surface area (Å²) >= 11 is 0.955. The molecule has 0 saturated heterocycles. The normalized spacial score (nSPS) is 11.5. The number of nitro groups is 1. The zero-order chi connectivity index (χ0) is 14.9. The van der Waals surface area contributed by atoms with Crippen molar-refractivity contribution in [3.05, 3.63) is 40.6 Å². The molecule has 0 aliphatic carbocycles. The molecule has 20 heavy (non-hydrogen) atoms. The van der Waals surface area contributed by atoms with Crippen molar-refractivity contribution in [2.75, 3.05) is 0 Å². The zero-order valence-electron chi connectivity index (χ0n) is 10.9. The highest BCUT2D eigenvalue weighted by Gasteiger charge is 2.32. The summed E-state index contributed by atoms with van der Waals surface area (Å²) in [6.45, 7) is 3.02. The number of fused-ring (bicyclic) bond motifs is 1. The number of pyridine rings is 1. The minimum absolute atomic E-state index is 0.102. The van der Waals surface area contributed by atoms with Crippen LogP contribution in [0.15, 0.2) is 35.4 Å². The number of rotatable bonds is 4. The summed E-state index contributed by atoms with van der Waals surface area (Å²) in [6.07, 6.45) is 1.56. The number of benzene rings is 1. The Hall–Kier alpha value is -2.15. The molecule has 0 aliphatic heterocycles. The fourth-order valence-electron chi connectivity index (χ4n) is 1.71. The number of aliphatic carboxylic acids is 1. The number of hydrogen-bond donors (Lipinski definition) is 1. The van der Waals surface area contributed by atoms with Crippen LogP contribution in [0.25, 0.3) is 10.9 Å². The molecule has 1 N–H and O–H groups in total. The quantitative estimate of drug-likeness (QED) is 0.528. The lowest BCUT2D eigenvalue weighted by molar-refractivity contribution is -0.385. The third-order valence-electron chi connectivity index (χ3n) is 2.78. The molecule has 0 fully saturated rings. The van der Waals surface area contributed by atoms with Crippen molar-refractivity contribution in [3.8, 4) is 0 Å². The first-order valence-electron chi connectivity index (χ1n) is 5.77. The number of aromatic nitrogens is 1. The number of hydrogen-bond acceptors (Lipinski definition) is 5. The molecule has 2 rings (SSSR count). The lowest BCUT2D eigenvalue weighted by atomic mass is 10.2. The van der Waals surface area contributed by atoms with E-state index in [4.69, 9.17) is 5.11 Å². The first-order valence-corrected chi connectivity index (χ1v) is 6.59. The molecular weight excluding hydrogens is 280 g/mol. The Morgan fingerprint density at radius 1 is 1.40 bits per heavy atom. The first kappa shape index (κ1) is 14.3. The largest absolute Gasteiger partial charge is 0.480 e. The fraction of sp³-hybridized carbons (Fsp3) is 0.231. The second kappa shape index (κ2) is 5.09. The second-order valence-electron chi connectivity index (χ2n) is 4.66. The monoisotopic (exact) mass is 292 g/mol. The van der Waals surface area contributed by atoms with Gasteiger partial charge in [0.15, 0.2) is 0 Å². The van der Waals surface area contributed by atoms with Crippen LogP contribution < -0.4 is 0 Å². The zero-order valence-corrected chi connectivity index (χ0v) is 11.7. The average Bonchev–Trinajstić information content (AvgIpc) is 2.37. The molecule has 7 heteroatoms. The number of thioether (sulfide) groups is 1. The lowest BCUT2D eigenvalue weighted by Gasteiger charge is -2.18. The number of nitro benzene ring substituents is 1. The van der Waals surface area contributed by atoms with Gasteiger partial charge in [0, 0.05) is 6.20 Å². The van der Waals surface area contributed by atoms with Crippen LogP contribution in [0.4, 0.5) is 5.69 Å². The maximum Gasteiger partial charge on any atom is 0.319 e. The molecule has 0 bridgehead atoms. The number of nitrogens with zero attached hydrogens (tertiary/aromatic N) is 2. The van der Waals surface area contributed by atoms with Crippen LogP contribution in [-0.4, -0.2) is 25.7 Å². The van der Waals surface area contributed by atoms with Crippen LogP contribution in [-0.2, 0) is 4.79 Å². The van der Waals surface area contributed by atoms with Crippen molar-refractivity contribution in [2.45, 2.75) is 23.5 Å². The van der Waals surface area contributed by atoms with E-state index in [0.29, 0.717) is 15.8 Å². The van der Waals surface area contributed by atoms with Crippen molar-refractivity contribution in [1.82, 2.24) is 4.98 Å². The van der Waals surface area contributed by atoms with E-state index in [0.717, 1.165) is 11.8 Å². The Balaban J connectivity index is 2.62. The van der Waals surface area contributed by atoms with Crippen LogP contribution in [0.5, 0.6) is 0 Å². The third kappa shape index (κ3) is 2.57. The molecule has 1 heterocycles. The Morgan fingerprint density at radius 2 is 2.10 bits per heavy atom. The van der Waals surface area contributed by atoms with Crippen LogP contribution >= 0.6 is 11.8 Å². The van der Waals surface area contributed by atoms with E-state index in [9.17, 15) is 14.9 Å². The van der Waals surface area contributed by atoms with E-state index in [1.807, 2.05) is 0 Å². The standard InChI is InChI=1S/C13H12N2O4S/c1-13(2,12(16)17)20-10-6-5-9-8(4-3-7-14-9)11(10)15(18)19/h3-7H,1-2H3,(H,16,17). The molecule has 0 radical (unpaired) electrons. The summed E-state index contributed by atoms with van der Waals surface area (Å²) in [5.41, 5.74) is 0.409. The first-order chi connectivity index (χ1) is 9.33. The summed E-state index contributed by atoms with van der Waals surface area (Å²) in [7, 11) is 0. The number of carboxylic acid groups (broad SMARTS) is 1. The van der Waals surface area contributed by atoms with E-state index in [2.05, 4.69) is 4.98 Å². The highest BCUT2D eigenvalue weighted by Crippen LogP contribution is 2.41. The number of carbonyl (C=O) groups is 1. The van der Waals surface area contributed by atoms with Gasteiger partial charge < -0.3 is 5.11 Å². The van der Waals surface area contributed by atoms with Gasteiger partial charge in [-0.05, 0) is 38.1 Å². The minimum Gasteiger partial charge on any atom is -0.480 e. The summed E-state index contributed by atoms with van der Waals surface area (Å²) in [5.74, 6) is -1.02. The Bertz CT molecular complexity index is 700. The minimum atomic E-state index is -1.15.